The summed E-state index contributed by atoms with van der Waals surface area (Å²) in [5.41, 5.74) is 0. The van der Waals surface area contributed by atoms with Crippen LogP contribution < -0.4 is 4.13 Å². The van der Waals surface area contributed by atoms with Gasteiger partial charge in [-0.25, -0.2) is 8.42 Å². The summed E-state index contributed by atoms with van der Waals surface area (Å²) in [5.74, 6) is 0. The van der Waals surface area contributed by atoms with Crippen LogP contribution >= 0.6 is 0 Å². The number of sulfonamides is 1. The van der Waals surface area contributed by atoms with E-state index in [4.69, 9.17) is 11.2 Å². The minimum Gasteiger partial charge on any atom is -0.211 e. The molecule has 0 heterocycles. The van der Waals surface area contributed by atoms with Crippen molar-refractivity contribution in [1.82, 2.24) is 4.13 Å². The quantitative estimate of drug-likeness (QED) is 0.678. The van der Waals surface area contributed by atoms with Gasteiger partial charge in [-0.3, -0.25) is 0 Å². The van der Waals surface area contributed by atoms with E-state index in [0.717, 1.165) is 12.8 Å². The van der Waals surface area contributed by atoms with E-state index in [1.165, 1.54) is 0 Å². The fourth-order valence-electron chi connectivity index (χ4n) is 0.610. The molecule has 6 heteroatoms. The summed E-state index contributed by atoms with van der Waals surface area (Å²) in [4.78, 5) is 0. The molecule has 1 fully saturated rings. The van der Waals surface area contributed by atoms with Crippen LogP contribution in [-0.2, 0) is 30.9 Å². The number of hydrogen-bond acceptors (Lipinski definition) is 3. The molecule has 0 aliphatic heterocycles. The van der Waals surface area contributed by atoms with Crippen molar-refractivity contribution in [2.45, 2.75) is 18.1 Å². The van der Waals surface area contributed by atoms with Crippen molar-refractivity contribution >= 4 is 30.9 Å². The highest BCUT2D eigenvalue weighted by atomic mass is 32.8. The molecule has 0 bridgehead atoms. The van der Waals surface area contributed by atoms with E-state index in [2.05, 4.69) is 4.13 Å². The molecular formula is C4H9NO2S3. The highest BCUT2D eigenvalue weighted by Crippen LogP contribution is 2.27. The molecule has 0 amide bonds. The molecule has 0 aromatic carbocycles. The topological polar surface area (TPSA) is 46.2 Å². The average molecular weight is 199 g/mol. The number of hydrogen-bond donors (Lipinski definition) is 1. The summed E-state index contributed by atoms with van der Waals surface area (Å²) in [7, 11) is -3.65. The lowest BCUT2D eigenvalue weighted by molar-refractivity contribution is 0.593. The third-order valence-corrected chi connectivity index (χ3v) is 5.03. The van der Waals surface area contributed by atoms with Crippen LogP contribution in [0.15, 0.2) is 0 Å². The maximum Gasteiger partial charge on any atom is 0.223 e. The minimum absolute atomic E-state index is 0.148. The Morgan fingerprint density at radius 2 is 2.10 bits per heavy atom. The summed E-state index contributed by atoms with van der Waals surface area (Å²) in [6, 6.07) is 0. The van der Waals surface area contributed by atoms with Crippen molar-refractivity contribution in [1.29, 1.82) is 0 Å². The summed E-state index contributed by atoms with van der Waals surface area (Å²) in [6.45, 7) is 0. The van der Waals surface area contributed by atoms with Crippen molar-refractivity contribution < 1.29 is 8.42 Å². The molecule has 0 aromatic rings. The van der Waals surface area contributed by atoms with Gasteiger partial charge in [0.2, 0.25) is 10.0 Å². The Bertz CT molecular complexity index is 241. The van der Waals surface area contributed by atoms with Crippen molar-refractivity contribution in [3.05, 3.63) is 0 Å². The first kappa shape index (κ1) is 8.58. The normalized spacial score (nSPS) is 22.5. The smallest absolute Gasteiger partial charge is 0.211 e. The van der Waals surface area contributed by atoms with Gasteiger partial charge in [0.05, 0.1) is 5.25 Å². The third-order valence-electron chi connectivity index (χ3n) is 1.20. The van der Waals surface area contributed by atoms with E-state index >= 15 is 0 Å². The molecule has 1 unspecified atom stereocenters. The highest BCUT2D eigenvalue weighted by molar-refractivity contribution is 8.30. The molecule has 1 saturated carbocycles. The lowest BCUT2D eigenvalue weighted by Crippen LogP contribution is -2.27. The molecule has 1 atom stereocenters. The van der Waals surface area contributed by atoms with E-state index in [1.54, 1.807) is 6.26 Å². The van der Waals surface area contributed by atoms with Gasteiger partial charge >= 0.3 is 0 Å². The SMILES string of the molecule is CS(=S)NS(=O)(=O)C1CC1. The highest BCUT2D eigenvalue weighted by Gasteiger charge is 2.35. The van der Waals surface area contributed by atoms with Gasteiger partial charge in [0.15, 0.2) is 0 Å². The molecule has 1 rings (SSSR count). The van der Waals surface area contributed by atoms with E-state index in [9.17, 15) is 8.42 Å². The van der Waals surface area contributed by atoms with Crippen LogP contribution in [0.4, 0.5) is 0 Å². The minimum atomic E-state index is -3.03. The van der Waals surface area contributed by atoms with Crippen LogP contribution in [0.25, 0.3) is 0 Å². The summed E-state index contributed by atoms with van der Waals surface area (Å²) in [6.07, 6.45) is 3.26. The van der Waals surface area contributed by atoms with Crippen molar-refractivity contribution in [2.24, 2.45) is 0 Å². The Morgan fingerprint density at radius 1 is 1.60 bits per heavy atom. The van der Waals surface area contributed by atoms with Gasteiger partial charge in [0, 0.05) is 6.26 Å². The predicted molar refractivity (Wildman–Crippen MR) is 45.7 cm³/mol. The second-order valence-electron chi connectivity index (χ2n) is 2.28. The van der Waals surface area contributed by atoms with Crippen molar-refractivity contribution in [3.8, 4) is 0 Å². The molecule has 1 aliphatic carbocycles. The second kappa shape index (κ2) is 2.84. The average Bonchev–Trinajstić information content (AvgIpc) is 2.35. The fourth-order valence-corrected chi connectivity index (χ4v) is 4.07. The molecule has 1 aliphatic rings. The van der Waals surface area contributed by atoms with Gasteiger partial charge in [0.25, 0.3) is 0 Å². The van der Waals surface area contributed by atoms with Crippen molar-refractivity contribution in [3.63, 3.8) is 0 Å². The summed E-state index contributed by atoms with van der Waals surface area (Å²) in [5, 5.41) is -0.148. The lowest BCUT2D eigenvalue weighted by atomic mass is 11.0. The molecule has 60 valence electrons. The predicted octanol–water partition coefficient (Wildman–Crippen LogP) is -0.307. The van der Waals surface area contributed by atoms with E-state index < -0.39 is 19.7 Å². The molecular weight excluding hydrogens is 190 g/mol. The molecule has 10 heavy (non-hydrogen) atoms. The van der Waals surface area contributed by atoms with E-state index in [-0.39, 0.29) is 5.25 Å². The Labute approximate surface area is 68.0 Å². The van der Waals surface area contributed by atoms with Gasteiger partial charge in [-0.1, -0.05) is 0 Å². The van der Waals surface area contributed by atoms with Gasteiger partial charge in [-0.05, 0) is 33.7 Å². The maximum absolute atomic E-state index is 11.0. The molecule has 0 spiro atoms. The van der Waals surface area contributed by atoms with Crippen LogP contribution in [0, 0.1) is 0 Å². The Balaban J connectivity index is 2.60. The zero-order valence-corrected chi connectivity index (χ0v) is 7.98. The van der Waals surface area contributed by atoms with E-state index in [1.807, 2.05) is 0 Å². The zero-order valence-electron chi connectivity index (χ0n) is 5.53. The van der Waals surface area contributed by atoms with Crippen molar-refractivity contribution in [2.75, 3.05) is 6.26 Å². The summed E-state index contributed by atoms with van der Waals surface area (Å²) >= 11 is 4.71. The van der Waals surface area contributed by atoms with Crippen LogP contribution in [0.5, 0.6) is 0 Å². The first-order valence-electron chi connectivity index (χ1n) is 2.87. The Kier molecular flexibility index (Phi) is 2.44. The largest absolute Gasteiger partial charge is 0.223 e. The monoisotopic (exact) mass is 199 g/mol. The first-order chi connectivity index (χ1) is 4.52. The fraction of sp³-hybridized carbons (Fsp3) is 1.00. The second-order valence-corrected chi connectivity index (χ2v) is 7.11. The van der Waals surface area contributed by atoms with Gasteiger partial charge in [-0.15, -0.1) is 0 Å². The standard InChI is InChI=1S/C4H9NO2S3/c1-9(8)5-10(6,7)4-2-3-4/h4-5H,2-3H2,1H3. The zero-order chi connectivity index (χ0) is 7.78. The lowest BCUT2D eigenvalue weighted by Gasteiger charge is -2.01. The summed E-state index contributed by atoms with van der Waals surface area (Å²) < 4.78 is 24.5. The molecule has 1 N–H and O–H groups in total. The van der Waals surface area contributed by atoms with Crippen LogP contribution in [0.3, 0.4) is 0 Å². The number of nitrogens with one attached hydrogen (secondary N) is 1. The molecule has 0 aromatic heterocycles. The Hall–Kier alpha value is 0.480. The van der Waals surface area contributed by atoms with E-state index in [0.29, 0.717) is 0 Å². The maximum atomic E-state index is 11.0. The van der Waals surface area contributed by atoms with Crippen LogP contribution in [-0.4, -0.2) is 19.9 Å². The first-order valence-corrected chi connectivity index (χ1v) is 6.97. The van der Waals surface area contributed by atoms with Gasteiger partial charge < -0.3 is 0 Å². The third kappa shape index (κ3) is 2.26. The van der Waals surface area contributed by atoms with Crippen LogP contribution in [0.1, 0.15) is 12.8 Å². The van der Waals surface area contributed by atoms with Gasteiger partial charge in [-0.2, -0.15) is 4.13 Å². The number of rotatable bonds is 3. The van der Waals surface area contributed by atoms with Gasteiger partial charge in [0.1, 0.15) is 0 Å². The molecule has 3 nitrogen and oxygen atoms in total. The molecule has 0 saturated heterocycles. The molecule has 0 radical (unpaired) electrons. The van der Waals surface area contributed by atoms with Crippen LogP contribution in [0.2, 0.25) is 0 Å². The Morgan fingerprint density at radius 3 is 2.40 bits per heavy atom.